The van der Waals surface area contributed by atoms with Crippen molar-refractivity contribution < 1.29 is 34.7 Å². The van der Waals surface area contributed by atoms with Gasteiger partial charge in [0.05, 0.1) is 35.1 Å². The molecule has 0 amide bonds. The van der Waals surface area contributed by atoms with E-state index in [0.717, 1.165) is 18.4 Å². The number of methoxy groups -OCH3 is 2. The summed E-state index contributed by atoms with van der Waals surface area (Å²) in [5.74, 6) is -0.657. The van der Waals surface area contributed by atoms with Crippen LogP contribution in [0.2, 0.25) is 0 Å². The summed E-state index contributed by atoms with van der Waals surface area (Å²) < 4.78 is 11.4. The van der Waals surface area contributed by atoms with E-state index in [1.807, 2.05) is 20.8 Å². The molecule has 0 aromatic carbocycles. The fourth-order valence-corrected chi connectivity index (χ4v) is 8.76. The summed E-state index contributed by atoms with van der Waals surface area (Å²) in [4.78, 5) is 13.4. The molecule has 7 nitrogen and oxygen atoms in total. The maximum absolute atomic E-state index is 13.4. The van der Waals surface area contributed by atoms with Crippen LogP contribution in [0.1, 0.15) is 86.0 Å². The number of ether oxygens (including phenoxy) is 2. The molecule has 0 saturated heterocycles. The highest BCUT2D eigenvalue weighted by atomic mass is 16.5. The first-order valence-electron chi connectivity index (χ1n) is 13.7. The number of aliphatic hydroxyl groups is 4. The number of aliphatic hydroxyl groups excluding tert-OH is 2. The SMILES string of the molecule is COC(CCC(C)(C)OC)[C@](C)(O)[C@H]1CC[C@@]2(O)C3=CC(=O)[C@@H]4C[C@@H](O)[C@@H](O)C[C@]4(C)[C@H]3CC[C@]12C. The zero-order chi connectivity index (χ0) is 26.9. The van der Waals surface area contributed by atoms with E-state index in [1.165, 1.54) is 0 Å². The van der Waals surface area contributed by atoms with E-state index in [2.05, 4.69) is 13.8 Å². The van der Waals surface area contributed by atoms with E-state index >= 15 is 0 Å². The molecule has 10 atom stereocenters. The van der Waals surface area contributed by atoms with Crippen molar-refractivity contribution in [1.82, 2.24) is 0 Å². The molecule has 4 rings (SSSR count). The van der Waals surface area contributed by atoms with Crippen molar-refractivity contribution in [2.45, 2.75) is 121 Å². The van der Waals surface area contributed by atoms with Crippen molar-refractivity contribution in [1.29, 1.82) is 0 Å². The zero-order valence-corrected chi connectivity index (χ0v) is 23.2. The highest BCUT2D eigenvalue weighted by molar-refractivity contribution is 5.95. The molecule has 0 radical (unpaired) electrons. The maximum Gasteiger partial charge on any atom is 0.159 e. The monoisotopic (exact) mass is 508 g/mol. The Hall–Kier alpha value is -0.830. The minimum atomic E-state index is -1.21. The van der Waals surface area contributed by atoms with Crippen LogP contribution >= 0.6 is 0 Å². The van der Waals surface area contributed by atoms with Gasteiger partial charge >= 0.3 is 0 Å². The lowest BCUT2D eigenvalue weighted by molar-refractivity contribution is -0.182. The highest BCUT2D eigenvalue weighted by Crippen LogP contribution is 2.68. The standard InChI is InChI=1S/C29H48O7/c1-25(2,36-7)11-10-24(35-6)28(5,33)23-9-13-29(34)18-14-20(30)19-15-21(31)22(32)16-26(19,3)17(18)8-12-27(23,29)4/h14,17,19,21-24,31-34H,8-13,15-16H2,1-7H3/t17-,19-,21+,22-,23-,24?,26+,27+,28+,29+/m0/s1. The van der Waals surface area contributed by atoms with Crippen LogP contribution in [0.15, 0.2) is 11.6 Å². The summed E-state index contributed by atoms with van der Waals surface area (Å²) >= 11 is 0. The van der Waals surface area contributed by atoms with Crippen LogP contribution < -0.4 is 0 Å². The number of carbonyl (C=O) groups excluding carboxylic acids is 1. The molecule has 4 aliphatic carbocycles. The number of fused-ring (bicyclic) bond motifs is 5. The first-order chi connectivity index (χ1) is 16.6. The molecule has 3 fully saturated rings. The summed E-state index contributed by atoms with van der Waals surface area (Å²) in [5, 5.41) is 45.2. The van der Waals surface area contributed by atoms with Gasteiger partial charge in [-0.25, -0.2) is 0 Å². The Morgan fingerprint density at radius 3 is 2.36 bits per heavy atom. The van der Waals surface area contributed by atoms with E-state index in [9.17, 15) is 25.2 Å². The van der Waals surface area contributed by atoms with Gasteiger partial charge in [0, 0.05) is 25.6 Å². The Kier molecular flexibility index (Phi) is 7.15. The van der Waals surface area contributed by atoms with E-state index < -0.39 is 40.3 Å². The van der Waals surface area contributed by atoms with E-state index in [4.69, 9.17) is 9.47 Å². The molecule has 0 aromatic rings. The number of rotatable bonds is 7. The molecule has 1 unspecified atom stereocenters. The number of ketones is 1. The number of allylic oxidation sites excluding steroid dienone is 1. The molecular weight excluding hydrogens is 460 g/mol. The van der Waals surface area contributed by atoms with Crippen LogP contribution in [0.5, 0.6) is 0 Å². The van der Waals surface area contributed by atoms with Crippen molar-refractivity contribution in [3.63, 3.8) is 0 Å². The first-order valence-corrected chi connectivity index (χ1v) is 13.7. The lowest BCUT2D eigenvalue weighted by Crippen LogP contribution is -2.63. The quantitative estimate of drug-likeness (QED) is 0.417. The minimum absolute atomic E-state index is 0.0372. The predicted molar refractivity (Wildman–Crippen MR) is 136 cm³/mol. The van der Waals surface area contributed by atoms with Gasteiger partial charge in [-0.15, -0.1) is 0 Å². The minimum Gasteiger partial charge on any atom is -0.390 e. The molecule has 0 aromatic heterocycles. The Morgan fingerprint density at radius 2 is 1.75 bits per heavy atom. The van der Waals surface area contributed by atoms with Crippen LogP contribution in [-0.2, 0) is 14.3 Å². The predicted octanol–water partition coefficient (Wildman–Crippen LogP) is 3.16. The molecule has 0 heterocycles. The van der Waals surface area contributed by atoms with Crippen molar-refractivity contribution in [3.05, 3.63) is 11.6 Å². The Labute approximate surface area is 216 Å². The third-order valence-electron chi connectivity index (χ3n) is 11.3. The second-order valence-corrected chi connectivity index (χ2v) is 13.5. The van der Waals surface area contributed by atoms with Gasteiger partial charge in [-0.1, -0.05) is 13.8 Å². The third-order valence-corrected chi connectivity index (χ3v) is 11.3. The molecule has 0 bridgehead atoms. The van der Waals surface area contributed by atoms with Gasteiger partial charge in [0.1, 0.15) is 0 Å². The lowest BCUT2D eigenvalue weighted by Gasteiger charge is -2.60. The molecular formula is C29H48O7. The second-order valence-electron chi connectivity index (χ2n) is 13.5. The smallest absolute Gasteiger partial charge is 0.159 e. The number of hydrogen-bond donors (Lipinski definition) is 4. The molecule has 0 spiro atoms. The van der Waals surface area contributed by atoms with Gasteiger partial charge in [0.2, 0.25) is 0 Å². The summed E-state index contributed by atoms with van der Waals surface area (Å²) in [5.41, 5.74) is -3.07. The van der Waals surface area contributed by atoms with Crippen LogP contribution in [-0.4, -0.2) is 75.5 Å². The molecule has 4 N–H and O–H groups in total. The largest absolute Gasteiger partial charge is 0.390 e. The summed E-state index contributed by atoms with van der Waals surface area (Å²) in [6.45, 7) is 10.0. The summed E-state index contributed by atoms with van der Waals surface area (Å²) in [6.07, 6.45) is 4.03. The van der Waals surface area contributed by atoms with Crippen LogP contribution in [0.4, 0.5) is 0 Å². The van der Waals surface area contributed by atoms with Crippen LogP contribution in [0.25, 0.3) is 0 Å². The van der Waals surface area contributed by atoms with Crippen LogP contribution in [0.3, 0.4) is 0 Å². The lowest BCUT2D eigenvalue weighted by atomic mass is 9.45. The zero-order valence-electron chi connectivity index (χ0n) is 23.2. The maximum atomic E-state index is 13.4. The summed E-state index contributed by atoms with van der Waals surface area (Å²) in [6, 6.07) is 0. The van der Waals surface area contributed by atoms with E-state index in [-0.39, 0.29) is 35.6 Å². The normalized spacial score (nSPS) is 45.2. The first kappa shape index (κ1) is 28.2. The van der Waals surface area contributed by atoms with Gasteiger partial charge < -0.3 is 29.9 Å². The van der Waals surface area contributed by atoms with Crippen molar-refractivity contribution in [3.8, 4) is 0 Å². The molecule has 7 heteroatoms. The average Bonchev–Trinajstić information content (AvgIpc) is 3.08. The van der Waals surface area contributed by atoms with E-state index in [1.54, 1.807) is 20.3 Å². The Morgan fingerprint density at radius 1 is 1.08 bits per heavy atom. The average molecular weight is 509 g/mol. The van der Waals surface area contributed by atoms with Crippen molar-refractivity contribution in [2.24, 2.45) is 28.6 Å². The topological polar surface area (TPSA) is 116 Å². The summed E-state index contributed by atoms with van der Waals surface area (Å²) in [7, 11) is 3.32. The van der Waals surface area contributed by atoms with Crippen molar-refractivity contribution in [2.75, 3.05) is 14.2 Å². The molecule has 4 aliphatic rings. The fraction of sp³-hybridized carbons (Fsp3) is 0.897. The Balaban J connectivity index is 1.66. The Bertz CT molecular complexity index is 896. The van der Waals surface area contributed by atoms with Gasteiger partial charge in [-0.3, -0.25) is 4.79 Å². The molecule has 206 valence electrons. The molecule has 36 heavy (non-hydrogen) atoms. The number of hydrogen-bond acceptors (Lipinski definition) is 7. The third kappa shape index (κ3) is 4.04. The van der Waals surface area contributed by atoms with Crippen molar-refractivity contribution >= 4 is 5.78 Å². The van der Waals surface area contributed by atoms with E-state index in [0.29, 0.717) is 32.1 Å². The highest BCUT2D eigenvalue weighted by Gasteiger charge is 2.69. The van der Waals surface area contributed by atoms with Gasteiger partial charge in [0.15, 0.2) is 5.78 Å². The van der Waals surface area contributed by atoms with Crippen LogP contribution in [0, 0.1) is 28.6 Å². The molecule has 3 saturated carbocycles. The van der Waals surface area contributed by atoms with Gasteiger partial charge in [-0.05, 0) is 101 Å². The fourth-order valence-electron chi connectivity index (χ4n) is 8.76. The van der Waals surface area contributed by atoms with Gasteiger partial charge in [-0.2, -0.15) is 0 Å². The molecule has 0 aliphatic heterocycles. The number of carbonyl (C=O) groups is 1. The van der Waals surface area contributed by atoms with Gasteiger partial charge in [0.25, 0.3) is 0 Å². The second kappa shape index (κ2) is 9.13.